The summed E-state index contributed by atoms with van der Waals surface area (Å²) in [6.07, 6.45) is 2.14. The van der Waals surface area contributed by atoms with Crippen molar-refractivity contribution in [3.8, 4) is 0 Å². The highest BCUT2D eigenvalue weighted by atomic mass is 16.5. The van der Waals surface area contributed by atoms with Crippen LogP contribution in [0.15, 0.2) is 18.2 Å². The molecule has 0 aliphatic rings. The van der Waals surface area contributed by atoms with E-state index < -0.39 is 6.04 Å². The number of aryl methyl sites for hydroxylation is 1. The second kappa shape index (κ2) is 6.10. The Morgan fingerprint density at radius 3 is 2.71 bits per heavy atom. The summed E-state index contributed by atoms with van der Waals surface area (Å²) in [7, 11) is 1.33. The van der Waals surface area contributed by atoms with Crippen molar-refractivity contribution in [2.75, 3.05) is 18.6 Å². The molecule has 0 aromatic heterocycles. The van der Waals surface area contributed by atoms with Crippen molar-refractivity contribution in [2.24, 2.45) is 5.73 Å². The van der Waals surface area contributed by atoms with E-state index in [1.54, 1.807) is 6.07 Å². The summed E-state index contributed by atoms with van der Waals surface area (Å²) in [6, 6.07) is 4.88. The van der Waals surface area contributed by atoms with Gasteiger partial charge in [-0.25, -0.2) is 0 Å². The van der Waals surface area contributed by atoms with Gasteiger partial charge in [0.25, 0.3) is 0 Å². The maximum Gasteiger partial charge on any atom is 0.322 e. The Morgan fingerprint density at radius 1 is 1.41 bits per heavy atom. The fourth-order valence-electron chi connectivity index (χ4n) is 1.62. The molecule has 5 heteroatoms. The number of ether oxygens (including phenoxy) is 1. The maximum absolute atomic E-state index is 11.1. The molecule has 0 aliphatic carbocycles. The minimum absolute atomic E-state index is 0.379. The van der Waals surface area contributed by atoms with Gasteiger partial charge in [-0.15, -0.1) is 0 Å². The Morgan fingerprint density at radius 2 is 2.12 bits per heavy atom. The fourth-order valence-corrected chi connectivity index (χ4v) is 1.62. The van der Waals surface area contributed by atoms with Gasteiger partial charge in [0.05, 0.1) is 7.11 Å². The van der Waals surface area contributed by atoms with Crippen LogP contribution in [0.5, 0.6) is 0 Å². The molecule has 0 saturated carbocycles. The van der Waals surface area contributed by atoms with Crippen molar-refractivity contribution < 1.29 is 9.53 Å². The molecule has 5 nitrogen and oxygen atoms in total. The van der Waals surface area contributed by atoms with Gasteiger partial charge >= 0.3 is 5.97 Å². The summed E-state index contributed by atoms with van der Waals surface area (Å²) < 4.78 is 4.55. The van der Waals surface area contributed by atoms with Crippen molar-refractivity contribution in [3.63, 3.8) is 0 Å². The monoisotopic (exact) mass is 237 g/mol. The lowest BCUT2D eigenvalue weighted by molar-refractivity contribution is -0.142. The van der Waals surface area contributed by atoms with Crippen LogP contribution in [-0.4, -0.2) is 19.1 Å². The quantitative estimate of drug-likeness (QED) is 0.516. The van der Waals surface area contributed by atoms with Crippen molar-refractivity contribution in [1.29, 1.82) is 0 Å². The molecule has 0 heterocycles. The Bertz CT molecular complexity index is 393. The normalized spacial score (nSPS) is 12.1. The third-order valence-electron chi connectivity index (χ3n) is 2.64. The summed E-state index contributed by atoms with van der Waals surface area (Å²) in [4.78, 5) is 11.1. The summed E-state index contributed by atoms with van der Waals surface area (Å²) in [5.41, 5.74) is 19.4. The molecule has 1 rings (SSSR count). The average Bonchev–Trinajstić information content (AvgIpc) is 2.30. The van der Waals surface area contributed by atoms with Gasteiger partial charge in [0.2, 0.25) is 0 Å². The number of rotatable bonds is 5. The maximum atomic E-state index is 11.1. The first kappa shape index (κ1) is 13.3. The van der Waals surface area contributed by atoms with E-state index in [0.717, 1.165) is 18.4 Å². The summed E-state index contributed by atoms with van der Waals surface area (Å²) in [5.74, 6) is -0.379. The van der Waals surface area contributed by atoms with Gasteiger partial charge in [-0.05, 0) is 37.0 Å². The predicted octanol–water partition coefficient (Wildman–Crippen LogP) is 0.674. The molecule has 0 amide bonds. The number of benzene rings is 1. The van der Waals surface area contributed by atoms with Crippen LogP contribution in [0, 0.1) is 0 Å². The van der Waals surface area contributed by atoms with Crippen LogP contribution in [0.4, 0.5) is 11.4 Å². The predicted molar refractivity (Wildman–Crippen MR) is 68.2 cm³/mol. The molecule has 1 aromatic carbocycles. The Labute approximate surface area is 101 Å². The Balaban J connectivity index is 2.43. The number of methoxy groups -OCH3 is 1. The number of nitrogen functional groups attached to an aromatic ring is 2. The molecule has 0 fully saturated rings. The van der Waals surface area contributed by atoms with E-state index in [1.807, 2.05) is 12.1 Å². The molecule has 0 aliphatic heterocycles. The SMILES string of the molecule is COC(=O)C(N)CCCc1ccc(N)cc1N. The minimum atomic E-state index is -0.560. The van der Waals surface area contributed by atoms with Gasteiger partial charge in [-0.3, -0.25) is 4.79 Å². The van der Waals surface area contributed by atoms with Gasteiger partial charge in [0, 0.05) is 11.4 Å². The summed E-state index contributed by atoms with van der Waals surface area (Å²) in [5, 5.41) is 0. The van der Waals surface area contributed by atoms with Crippen LogP contribution in [0.2, 0.25) is 0 Å². The van der Waals surface area contributed by atoms with Crippen molar-refractivity contribution in [3.05, 3.63) is 23.8 Å². The van der Waals surface area contributed by atoms with E-state index in [-0.39, 0.29) is 5.97 Å². The molecule has 6 N–H and O–H groups in total. The van der Waals surface area contributed by atoms with Gasteiger partial charge in [-0.2, -0.15) is 0 Å². The smallest absolute Gasteiger partial charge is 0.322 e. The molecule has 1 unspecified atom stereocenters. The number of hydrogen-bond acceptors (Lipinski definition) is 5. The second-order valence-corrected chi connectivity index (χ2v) is 3.98. The zero-order valence-electron chi connectivity index (χ0n) is 9.98. The first-order valence-corrected chi connectivity index (χ1v) is 5.52. The summed E-state index contributed by atoms with van der Waals surface area (Å²) >= 11 is 0. The van der Waals surface area contributed by atoms with Crippen molar-refractivity contribution >= 4 is 17.3 Å². The van der Waals surface area contributed by atoms with E-state index in [4.69, 9.17) is 17.2 Å². The molecule has 0 radical (unpaired) electrons. The zero-order chi connectivity index (χ0) is 12.8. The number of nitrogens with two attached hydrogens (primary N) is 3. The van der Waals surface area contributed by atoms with Crippen LogP contribution < -0.4 is 17.2 Å². The van der Waals surface area contributed by atoms with Crippen LogP contribution in [-0.2, 0) is 16.0 Å². The Hall–Kier alpha value is -1.75. The highest BCUT2D eigenvalue weighted by Crippen LogP contribution is 2.18. The number of carbonyl (C=O) groups is 1. The third-order valence-corrected chi connectivity index (χ3v) is 2.64. The molecule has 0 spiro atoms. The molecule has 17 heavy (non-hydrogen) atoms. The standard InChI is InChI=1S/C12H19N3O2/c1-17-12(16)10(14)4-2-3-8-5-6-9(13)7-11(8)15/h5-7,10H,2-4,13-15H2,1H3. The van der Waals surface area contributed by atoms with Crippen LogP contribution >= 0.6 is 0 Å². The van der Waals surface area contributed by atoms with Crippen molar-refractivity contribution in [2.45, 2.75) is 25.3 Å². The Kier molecular flexibility index (Phi) is 4.78. The summed E-state index contributed by atoms with van der Waals surface area (Å²) in [6.45, 7) is 0. The highest BCUT2D eigenvalue weighted by Gasteiger charge is 2.13. The zero-order valence-corrected chi connectivity index (χ0v) is 9.98. The lowest BCUT2D eigenvalue weighted by atomic mass is 10.0. The largest absolute Gasteiger partial charge is 0.468 e. The van der Waals surface area contributed by atoms with Crippen LogP contribution in [0.3, 0.4) is 0 Å². The lowest BCUT2D eigenvalue weighted by Crippen LogP contribution is -2.31. The third kappa shape index (κ3) is 3.96. The van der Waals surface area contributed by atoms with Gasteiger partial charge in [-0.1, -0.05) is 6.07 Å². The number of esters is 1. The van der Waals surface area contributed by atoms with Gasteiger partial charge < -0.3 is 21.9 Å². The molecule has 1 atom stereocenters. The first-order chi connectivity index (χ1) is 8.04. The molecule has 94 valence electrons. The molecule has 0 bridgehead atoms. The molecular weight excluding hydrogens is 218 g/mol. The minimum Gasteiger partial charge on any atom is -0.468 e. The number of anilines is 2. The lowest BCUT2D eigenvalue weighted by Gasteiger charge is -2.10. The van der Waals surface area contributed by atoms with E-state index in [9.17, 15) is 4.79 Å². The fraction of sp³-hybridized carbons (Fsp3) is 0.417. The number of carbonyl (C=O) groups excluding carboxylic acids is 1. The van der Waals surface area contributed by atoms with E-state index in [2.05, 4.69) is 4.74 Å². The van der Waals surface area contributed by atoms with E-state index in [1.165, 1.54) is 7.11 Å². The van der Waals surface area contributed by atoms with Gasteiger partial charge in [0.1, 0.15) is 6.04 Å². The van der Waals surface area contributed by atoms with E-state index in [0.29, 0.717) is 17.8 Å². The highest BCUT2D eigenvalue weighted by molar-refractivity contribution is 5.75. The van der Waals surface area contributed by atoms with Gasteiger partial charge in [0.15, 0.2) is 0 Å². The second-order valence-electron chi connectivity index (χ2n) is 3.98. The molecular formula is C12H19N3O2. The van der Waals surface area contributed by atoms with Crippen LogP contribution in [0.25, 0.3) is 0 Å². The molecule has 1 aromatic rings. The van der Waals surface area contributed by atoms with E-state index >= 15 is 0 Å². The number of hydrogen-bond donors (Lipinski definition) is 3. The topological polar surface area (TPSA) is 104 Å². The first-order valence-electron chi connectivity index (χ1n) is 5.52. The van der Waals surface area contributed by atoms with Crippen molar-refractivity contribution in [1.82, 2.24) is 0 Å². The average molecular weight is 237 g/mol. The van der Waals surface area contributed by atoms with Crippen LogP contribution in [0.1, 0.15) is 18.4 Å². The molecule has 0 saturated heterocycles.